The molecule has 6 nitrogen and oxygen atoms in total. The van der Waals surface area contributed by atoms with Crippen molar-refractivity contribution in [2.24, 2.45) is 5.92 Å². The Morgan fingerprint density at radius 3 is 2.77 bits per heavy atom. The second-order valence-electron chi connectivity index (χ2n) is 7.68. The number of hydrogen-bond acceptors (Lipinski definition) is 5. The highest BCUT2D eigenvalue weighted by Crippen LogP contribution is 2.22. The summed E-state index contributed by atoms with van der Waals surface area (Å²) in [4.78, 5) is 35.7. The molecule has 1 aliphatic rings. The number of rotatable bonds is 8. The molecule has 0 bridgehead atoms. The van der Waals surface area contributed by atoms with Crippen LogP contribution >= 0.6 is 11.3 Å². The SMILES string of the molecule is O=C(NCCc1nc(-c2ccccc2)cs1)C1CCC(=O)N(CCc2ccccn2)C1. The average molecular weight is 435 g/mol. The first-order valence-corrected chi connectivity index (χ1v) is 11.5. The number of thiazole rings is 1. The maximum Gasteiger partial charge on any atom is 0.224 e. The molecule has 1 unspecified atom stereocenters. The van der Waals surface area contributed by atoms with Crippen LogP contribution < -0.4 is 5.32 Å². The van der Waals surface area contributed by atoms with Crippen molar-refractivity contribution in [1.82, 2.24) is 20.2 Å². The van der Waals surface area contributed by atoms with E-state index in [0.29, 0.717) is 45.3 Å². The Labute approximate surface area is 186 Å². The zero-order chi connectivity index (χ0) is 21.5. The van der Waals surface area contributed by atoms with Crippen molar-refractivity contribution in [1.29, 1.82) is 0 Å². The van der Waals surface area contributed by atoms with Gasteiger partial charge in [0, 0.05) is 61.7 Å². The van der Waals surface area contributed by atoms with Crippen molar-refractivity contribution < 1.29 is 9.59 Å². The molecule has 4 rings (SSSR count). The quantitative estimate of drug-likeness (QED) is 0.590. The predicted molar refractivity (Wildman–Crippen MR) is 122 cm³/mol. The van der Waals surface area contributed by atoms with Crippen LogP contribution in [0.15, 0.2) is 60.1 Å². The van der Waals surface area contributed by atoms with Crippen LogP contribution in [-0.4, -0.2) is 46.3 Å². The number of hydrogen-bond donors (Lipinski definition) is 1. The Kier molecular flexibility index (Phi) is 7.04. The van der Waals surface area contributed by atoms with Gasteiger partial charge in [0.1, 0.15) is 0 Å². The summed E-state index contributed by atoms with van der Waals surface area (Å²) < 4.78 is 0. The first-order valence-electron chi connectivity index (χ1n) is 10.6. The van der Waals surface area contributed by atoms with Crippen LogP contribution in [0, 0.1) is 5.92 Å². The van der Waals surface area contributed by atoms with Gasteiger partial charge in [-0.1, -0.05) is 36.4 Å². The monoisotopic (exact) mass is 434 g/mol. The van der Waals surface area contributed by atoms with E-state index in [1.165, 1.54) is 0 Å². The molecule has 0 spiro atoms. The van der Waals surface area contributed by atoms with Crippen LogP contribution in [0.4, 0.5) is 0 Å². The van der Waals surface area contributed by atoms with Crippen LogP contribution in [0.3, 0.4) is 0 Å². The molecule has 2 amide bonds. The van der Waals surface area contributed by atoms with Gasteiger partial charge in [0.15, 0.2) is 0 Å². The van der Waals surface area contributed by atoms with Gasteiger partial charge in [-0.25, -0.2) is 4.98 Å². The smallest absolute Gasteiger partial charge is 0.224 e. The summed E-state index contributed by atoms with van der Waals surface area (Å²) in [5, 5.41) is 6.10. The van der Waals surface area contributed by atoms with Crippen LogP contribution in [0.25, 0.3) is 11.3 Å². The standard InChI is InChI=1S/C24H26N4O2S/c29-23-10-9-19(16-28(23)15-12-20-8-4-5-13-25-20)24(30)26-14-11-22-27-21(17-31-22)18-6-2-1-3-7-18/h1-8,13,17,19H,9-12,14-16H2,(H,26,30). The third-order valence-corrected chi connectivity index (χ3v) is 6.40. The fourth-order valence-electron chi connectivity index (χ4n) is 3.74. The third-order valence-electron chi connectivity index (χ3n) is 5.49. The molecule has 1 aromatic carbocycles. The minimum Gasteiger partial charge on any atom is -0.355 e. The van der Waals surface area contributed by atoms with E-state index in [9.17, 15) is 9.59 Å². The van der Waals surface area contributed by atoms with Crippen molar-refractivity contribution in [3.8, 4) is 11.3 Å². The van der Waals surface area contributed by atoms with Gasteiger partial charge in [0.05, 0.1) is 16.6 Å². The zero-order valence-corrected chi connectivity index (χ0v) is 18.2. The number of amides is 2. The maximum absolute atomic E-state index is 12.7. The first kappa shape index (κ1) is 21.2. The molecule has 1 fully saturated rings. The van der Waals surface area contributed by atoms with Gasteiger partial charge < -0.3 is 10.2 Å². The topological polar surface area (TPSA) is 75.2 Å². The van der Waals surface area contributed by atoms with E-state index in [1.807, 2.05) is 48.5 Å². The minimum absolute atomic E-state index is 0.0233. The van der Waals surface area contributed by atoms with Crippen molar-refractivity contribution in [2.75, 3.05) is 19.6 Å². The molecule has 3 heterocycles. The summed E-state index contributed by atoms with van der Waals surface area (Å²) in [5.74, 6) is -0.0102. The highest BCUT2D eigenvalue weighted by molar-refractivity contribution is 7.09. The Morgan fingerprint density at radius 1 is 1.13 bits per heavy atom. The van der Waals surface area contributed by atoms with Crippen LogP contribution in [0.5, 0.6) is 0 Å². The van der Waals surface area contributed by atoms with E-state index in [1.54, 1.807) is 22.4 Å². The van der Waals surface area contributed by atoms with Crippen LogP contribution in [-0.2, 0) is 22.4 Å². The van der Waals surface area contributed by atoms with Crippen molar-refractivity contribution in [3.63, 3.8) is 0 Å². The van der Waals surface area contributed by atoms with Gasteiger partial charge in [0.25, 0.3) is 0 Å². The summed E-state index contributed by atoms with van der Waals surface area (Å²) in [7, 11) is 0. The number of likely N-dealkylation sites (tertiary alicyclic amines) is 1. The Bertz CT molecular complexity index is 1010. The molecule has 3 aromatic rings. The maximum atomic E-state index is 12.7. The number of pyridine rings is 1. The molecule has 1 atom stereocenters. The molecule has 0 saturated carbocycles. The number of piperidine rings is 1. The second-order valence-corrected chi connectivity index (χ2v) is 8.62. The summed E-state index contributed by atoms with van der Waals surface area (Å²) in [5.41, 5.74) is 3.04. The van der Waals surface area contributed by atoms with E-state index in [-0.39, 0.29) is 17.7 Å². The largest absolute Gasteiger partial charge is 0.355 e. The van der Waals surface area contributed by atoms with E-state index in [0.717, 1.165) is 22.0 Å². The molecular formula is C24H26N4O2S. The lowest BCUT2D eigenvalue weighted by Crippen LogP contribution is -2.46. The second kappa shape index (κ2) is 10.3. The fraction of sp³-hybridized carbons (Fsp3) is 0.333. The lowest BCUT2D eigenvalue weighted by molar-refractivity contribution is -0.138. The Morgan fingerprint density at radius 2 is 1.97 bits per heavy atom. The van der Waals surface area contributed by atoms with Gasteiger partial charge in [-0.05, 0) is 18.6 Å². The summed E-state index contributed by atoms with van der Waals surface area (Å²) in [6, 6.07) is 15.9. The number of carbonyl (C=O) groups is 2. The number of aromatic nitrogens is 2. The predicted octanol–water partition coefficient (Wildman–Crippen LogP) is 3.35. The van der Waals surface area contributed by atoms with E-state index >= 15 is 0 Å². The molecule has 160 valence electrons. The fourth-order valence-corrected chi connectivity index (χ4v) is 4.55. The molecular weight excluding hydrogens is 408 g/mol. The third kappa shape index (κ3) is 5.76. The molecule has 7 heteroatoms. The van der Waals surface area contributed by atoms with Crippen LogP contribution in [0.1, 0.15) is 23.5 Å². The molecule has 1 aliphatic heterocycles. The average Bonchev–Trinajstić information content (AvgIpc) is 3.29. The number of nitrogens with one attached hydrogen (secondary N) is 1. The van der Waals surface area contributed by atoms with Gasteiger partial charge >= 0.3 is 0 Å². The first-order chi connectivity index (χ1) is 15.2. The summed E-state index contributed by atoms with van der Waals surface area (Å²) in [6.45, 7) is 1.63. The Hall–Kier alpha value is -3.06. The summed E-state index contributed by atoms with van der Waals surface area (Å²) >= 11 is 1.62. The number of nitrogens with zero attached hydrogens (tertiary/aromatic N) is 3. The van der Waals surface area contributed by atoms with Crippen LogP contribution in [0.2, 0.25) is 0 Å². The van der Waals surface area contributed by atoms with Gasteiger partial charge in [-0.3, -0.25) is 14.6 Å². The minimum atomic E-state index is -0.155. The van der Waals surface area contributed by atoms with Gasteiger partial charge in [0.2, 0.25) is 11.8 Å². The van der Waals surface area contributed by atoms with E-state index in [4.69, 9.17) is 0 Å². The molecule has 1 N–H and O–H groups in total. The molecule has 31 heavy (non-hydrogen) atoms. The zero-order valence-electron chi connectivity index (χ0n) is 17.4. The lowest BCUT2D eigenvalue weighted by Gasteiger charge is -2.32. The summed E-state index contributed by atoms with van der Waals surface area (Å²) in [6.07, 6.45) is 4.20. The van der Waals surface area contributed by atoms with Gasteiger partial charge in [-0.15, -0.1) is 11.3 Å². The molecule has 0 radical (unpaired) electrons. The molecule has 0 aliphatic carbocycles. The van der Waals surface area contributed by atoms with E-state index < -0.39 is 0 Å². The Balaban J connectivity index is 1.24. The van der Waals surface area contributed by atoms with Crippen molar-refractivity contribution >= 4 is 23.2 Å². The highest BCUT2D eigenvalue weighted by atomic mass is 32.1. The normalized spacial score (nSPS) is 16.3. The van der Waals surface area contributed by atoms with E-state index in [2.05, 4.69) is 20.7 Å². The van der Waals surface area contributed by atoms with Crippen molar-refractivity contribution in [3.05, 3.63) is 70.8 Å². The lowest BCUT2D eigenvalue weighted by atomic mass is 9.96. The number of benzene rings is 1. The highest BCUT2D eigenvalue weighted by Gasteiger charge is 2.29. The van der Waals surface area contributed by atoms with Crippen molar-refractivity contribution in [2.45, 2.75) is 25.7 Å². The molecule has 1 saturated heterocycles. The van der Waals surface area contributed by atoms with Gasteiger partial charge in [-0.2, -0.15) is 0 Å². The molecule has 2 aromatic heterocycles. The number of carbonyl (C=O) groups excluding carboxylic acids is 2.